The highest BCUT2D eigenvalue weighted by atomic mass is 16.5. The monoisotopic (exact) mass is 226 g/mol. The number of aromatic nitrogens is 2. The van der Waals surface area contributed by atoms with Gasteiger partial charge in [0.15, 0.2) is 0 Å². The predicted molar refractivity (Wildman–Crippen MR) is 58.0 cm³/mol. The van der Waals surface area contributed by atoms with Crippen LogP contribution in [0.3, 0.4) is 0 Å². The first-order valence-corrected chi connectivity index (χ1v) is 5.34. The molecule has 0 fully saturated rings. The van der Waals surface area contributed by atoms with Crippen LogP contribution in [-0.4, -0.2) is 23.0 Å². The molecule has 0 radical (unpaired) electrons. The second-order valence-corrected chi connectivity index (χ2v) is 4.08. The summed E-state index contributed by atoms with van der Waals surface area (Å²) in [7, 11) is 1.61. The quantitative estimate of drug-likeness (QED) is 0.768. The second-order valence-electron chi connectivity index (χ2n) is 4.08. The number of ketones is 1. The topological polar surface area (TPSA) is 65.2 Å². The Morgan fingerprint density at radius 3 is 2.69 bits per heavy atom. The number of ether oxygens (including phenoxy) is 1. The highest BCUT2D eigenvalue weighted by molar-refractivity contribution is 5.81. The van der Waals surface area contributed by atoms with Gasteiger partial charge in [0.1, 0.15) is 11.4 Å². The Kier molecular flexibility index (Phi) is 3.80. The minimum Gasteiger partial charge on any atom is -0.370 e. The third-order valence-corrected chi connectivity index (χ3v) is 3.02. The average Bonchev–Trinajstić information content (AvgIpc) is 2.76. The van der Waals surface area contributed by atoms with Gasteiger partial charge in [-0.25, -0.2) is 0 Å². The number of rotatable bonds is 5. The molecule has 1 heterocycles. The molecule has 1 aromatic heterocycles. The highest BCUT2D eigenvalue weighted by Gasteiger charge is 2.31. The van der Waals surface area contributed by atoms with E-state index in [4.69, 9.17) is 9.26 Å². The zero-order valence-electron chi connectivity index (χ0n) is 10.4. The van der Waals surface area contributed by atoms with Crippen molar-refractivity contribution in [1.29, 1.82) is 0 Å². The van der Waals surface area contributed by atoms with Crippen LogP contribution in [0.2, 0.25) is 0 Å². The van der Waals surface area contributed by atoms with Crippen LogP contribution in [0.1, 0.15) is 51.7 Å². The molecule has 90 valence electrons. The molecule has 2 unspecified atom stereocenters. The Morgan fingerprint density at radius 1 is 1.62 bits per heavy atom. The van der Waals surface area contributed by atoms with E-state index < -0.39 is 5.60 Å². The Balaban J connectivity index is 2.98. The maximum Gasteiger partial charge on any atom is 0.237 e. The number of hydrogen-bond acceptors (Lipinski definition) is 5. The first kappa shape index (κ1) is 12.8. The Bertz CT molecular complexity index is 369. The van der Waals surface area contributed by atoms with Crippen LogP contribution < -0.4 is 0 Å². The van der Waals surface area contributed by atoms with Crippen molar-refractivity contribution in [3.8, 4) is 0 Å². The van der Waals surface area contributed by atoms with Crippen LogP contribution in [0.5, 0.6) is 0 Å². The van der Waals surface area contributed by atoms with Crippen molar-refractivity contribution in [2.45, 2.75) is 45.6 Å². The third kappa shape index (κ3) is 2.29. The lowest BCUT2D eigenvalue weighted by Gasteiger charge is -2.21. The van der Waals surface area contributed by atoms with Gasteiger partial charge in [0, 0.05) is 7.11 Å². The number of carbonyl (C=O) groups excluding carboxylic acids is 1. The first-order chi connectivity index (χ1) is 7.44. The van der Waals surface area contributed by atoms with E-state index in [1.807, 2.05) is 13.8 Å². The molecule has 1 aromatic rings. The van der Waals surface area contributed by atoms with Gasteiger partial charge in [-0.3, -0.25) is 4.79 Å². The normalized spacial score (nSPS) is 16.8. The average molecular weight is 226 g/mol. The molecule has 5 heteroatoms. The number of hydrogen-bond donors (Lipinski definition) is 0. The maximum absolute atomic E-state index is 11.2. The largest absolute Gasteiger partial charge is 0.370 e. The molecule has 1 rings (SSSR count). The summed E-state index contributed by atoms with van der Waals surface area (Å²) in [5.74, 6) is 0.477. The van der Waals surface area contributed by atoms with E-state index in [0.717, 1.165) is 6.42 Å². The van der Waals surface area contributed by atoms with Gasteiger partial charge in [-0.2, -0.15) is 4.98 Å². The molecule has 0 aliphatic carbocycles. The van der Waals surface area contributed by atoms with Crippen LogP contribution in [0.4, 0.5) is 0 Å². The van der Waals surface area contributed by atoms with E-state index >= 15 is 0 Å². The molecule has 0 spiro atoms. The Labute approximate surface area is 95.2 Å². The van der Waals surface area contributed by atoms with Gasteiger partial charge in [0.25, 0.3) is 0 Å². The van der Waals surface area contributed by atoms with Crippen molar-refractivity contribution in [1.82, 2.24) is 10.1 Å². The van der Waals surface area contributed by atoms with Crippen LogP contribution in [-0.2, 0) is 15.1 Å². The molecular formula is C11H18N2O3. The van der Waals surface area contributed by atoms with E-state index in [2.05, 4.69) is 10.1 Å². The SMILES string of the molecule is CCC(C)(OC)c1noc(C(C)C(C)=O)n1. The first-order valence-electron chi connectivity index (χ1n) is 5.34. The van der Waals surface area contributed by atoms with Gasteiger partial charge in [-0.05, 0) is 27.2 Å². The van der Waals surface area contributed by atoms with Gasteiger partial charge >= 0.3 is 0 Å². The molecule has 0 bridgehead atoms. The molecule has 0 aliphatic rings. The van der Waals surface area contributed by atoms with E-state index in [1.54, 1.807) is 14.0 Å². The highest BCUT2D eigenvalue weighted by Crippen LogP contribution is 2.26. The number of nitrogens with zero attached hydrogens (tertiary/aromatic N) is 2. The van der Waals surface area contributed by atoms with E-state index in [1.165, 1.54) is 6.92 Å². The van der Waals surface area contributed by atoms with E-state index in [0.29, 0.717) is 11.7 Å². The van der Waals surface area contributed by atoms with Crippen molar-refractivity contribution in [2.75, 3.05) is 7.11 Å². The van der Waals surface area contributed by atoms with Gasteiger partial charge in [-0.15, -0.1) is 0 Å². The van der Waals surface area contributed by atoms with Crippen molar-refractivity contribution in [3.63, 3.8) is 0 Å². The summed E-state index contributed by atoms with van der Waals surface area (Å²) in [6.45, 7) is 7.12. The smallest absolute Gasteiger partial charge is 0.237 e. The van der Waals surface area contributed by atoms with Crippen molar-refractivity contribution in [3.05, 3.63) is 11.7 Å². The van der Waals surface area contributed by atoms with E-state index in [-0.39, 0.29) is 11.7 Å². The Hall–Kier alpha value is -1.23. The molecule has 0 aromatic carbocycles. The second kappa shape index (κ2) is 4.74. The van der Waals surface area contributed by atoms with Crippen LogP contribution in [0, 0.1) is 0 Å². The molecule has 0 saturated heterocycles. The van der Waals surface area contributed by atoms with E-state index in [9.17, 15) is 4.79 Å². The van der Waals surface area contributed by atoms with Gasteiger partial charge in [0.2, 0.25) is 11.7 Å². The van der Waals surface area contributed by atoms with Crippen LogP contribution in [0.25, 0.3) is 0 Å². The lowest BCUT2D eigenvalue weighted by Crippen LogP contribution is -2.25. The molecule has 16 heavy (non-hydrogen) atoms. The maximum atomic E-state index is 11.2. The minimum absolute atomic E-state index is 0.00539. The van der Waals surface area contributed by atoms with Crippen molar-refractivity contribution in [2.24, 2.45) is 0 Å². The number of Topliss-reactive ketones (excluding diaryl/α,β-unsaturated/α-hetero) is 1. The lowest BCUT2D eigenvalue weighted by molar-refractivity contribution is -0.118. The molecular weight excluding hydrogens is 208 g/mol. The fraction of sp³-hybridized carbons (Fsp3) is 0.727. The van der Waals surface area contributed by atoms with Gasteiger partial charge in [-0.1, -0.05) is 12.1 Å². The molecule has 0 saturated carbocycles. The third-order valence-electron chi connectivity index (χ3n) is 3.02. The van der Waals surface area contributed by atoms with Crippen LogP contribution >= 0.6 is 0 Å². The summed E-state index contributed by atoms with van der Waals surface area (Å²) in [6, 6.07) is 0. The summed E-state index contributed by atoms with van der Waals surface area (Å²) in [4.78, 5) is 15.4. The standard InChI is InChI=1S/C11H18N2O3/c1-6-11(4,15-5)10-12-9(16-13-10)7(2)8(3)14/h7H,6H2,1-5H3. The molecule has 0 amide bonds. The summed E-state index contributed by atoms with van der Waals surface area (Å²) >= 11 is 0. The zero-order valence-corrected chi connectivity index (χ0v) is 10.4. The number of carbonyl (C=O) groups is 1. The fourth-order valence-electron chi connectivity index (χ4n) is 1.19. The molecule has 5 nitrogen and oxygen atoms in total. The fourth-order valence-corrected chi connectivity index (χ4v) is 1.19. The molecule has 0 N–H and O–H groups in total. The molecule has 2 atom stereocenters. The minimum atomic E-state index is -0.557. The predicted octanol–water partition coefficient (Wildman–Crippen LogP) is 2.03. The number of methoxy groups -OCH3 is 1. The zero-order chi connectivity index (χ0) is 12.3. The Morgan fingerprint density at radius 2 is 2.25 bits per heavy atom. The van der Waals surface area contributed by atoms with Crippen molar-refractivity contribution < 1.29 is 14.1 Å². The van der Waals surface area contributed by atoms with Gasteiger partial charge < -0.3 is 9.26 Å². The summed E-state index contributed by atoms with van der Waals surface area (Å²) < 4.78 is 10.4. The summed E-state index contributed by atoms with van der Waals surface area (Å²) in [5, 5.41) is 3.87. The summed E-state index contributed by atoms with van der Waals surface area (Å²) in [6.07, 6.45) is 0.733. The van der Waals surface area contributed by atoms with Crippen molar-refractivity contribution >= 4 is 5.78 Å². The van der Waals surface area contributed by atoms with Gasteiger partial charge in [0.05, 0.1) is 5.92 Å². The molecule has 0 aliphatic heterocycles. The van der Waals surface area contributed by atoms with Crippen LogP contribution in [0.15, 0.2) is 4.52 Å². The summed E-state index contributed by atoms with van der Waals surface area (Å²) in [5.41, 5.74) is -0.557. The lowest BCUT2D eigenvalue weighted by atomic mass is 10.0.